The number of nitrogens with one attached hydrogen (secondary N) is 2. The molecule has 0 aliphatic heterocycles. The van der Waals surface area contributed by atoms with Crippen molar-refractivity contribution in [2.24, 2.45) is 17.8 Å². The van der Waals surface area contributed by atoms with Crippen LogP contribution in [0.5, 0.6) is 0 Å². The van der Waals surface area contributed by atoms with Crippen LogP contribution in [0.25, 0.3) is 5.78 Å². The van der Waals surface area contributed by atoms with Gasteiger partial charge in [-0.15, -0.1) is 0 Å². The van der Waals surface area contributed by atoms with Gasteiger partial charge in [-0.1, -0.05) is 24.3 Å². The van der Waals surface area contributed by atoms with Crippen LogP contribution in [0.2, 0.25) is 0 Å². The van der Waals surface area contributed by atoms with E-state index in [0.717, 1.165) is 18.4 Å². The van der Waals surface area contributed by atoms with Crippen molar-refractivity contribution in [2.45, 2.75) is 32.7 Å². The van der Waals surface area contributed by atoms with Crippen LogP contribution in [-0.2, 0) is 6.54 Å². The van der Waals surface area contributed by atoms with Gasteiger partial charge in [-0.3, -0.25) is 9.59 Å². The average molecular weight is 449 g/mol. The van der Waals surface area contributed by atoms with Crippen molar-refractivity contribution in [3.8, 4) is 0 Å². The van der Waals surface area contributed by atoms with E-state index in [0.29, 0.717) is 29.9 Å². The molecule has 3 saturated carbocycles. The maximum atomic E-state index is 13.5. The molecule has 8 nitrogen and oxygen atoms in total. The van der Waals surface area contributed by atoms with Crippen molar-refractivity contribution < 1.29 is 14.0 Å². The molecule has 33 heavy (non-hydrogen) atoms. The third-order valence-electron chi connectivity index (χ3n) is 6.91. The summed E-state index contributed by atoms with van der Waals surface area (Å²) in [5.41, 5.74) is 2.84. The van der Waals surface area contributed by atoms with Gasteiger partial charge in [-0.05, 0) is 61.1 Å². The highest BCUT2D eigenvalue weighted by molar-refractivity contribution is 5.98. The van der Waals surface area contributed by atoms with Crippen molar-refractivity contribution in [1.82, 2.24) is 30.2 Å². The highest BCUT2D eigenvalue weighted by Gasteiger charge is 2.43. The molecule has 0 spiro atoms. The van der Waals surface area contributed by atoms with Crippen LogP contribution in [0, 0.1) is 30.5 Å². The minimum atomic E-state index is -0.458. The normalized spacial score (nSPS) is 21.5. The van der Waals surface area contributed by atoms with Gasteiger partial charge in [0, 0.05) is 19.2 Å². The van der Waals surface area contributed by atoms with Gasteiger partial charge in [0.15, 0.2) is 0 Å². The minimum absolute atomic E-state index is 0.0624. The first-order chi connectivity index (χ1) is 15.9. The van der Waals surface area contributed by atoms with Crippen LogP contribution in [0.1, 0.15) is 51.4 Å². The zero-order valence-corrected chi connectivity index (χ0v) is 18.3. The van der Waals surface area contributed by atoms with Crippen molar-refractivity contribution >= 4 is 17.6 Å². The van der Waals surface area contributed by atoms with E-state index >= 15 is 0 Å². The predicted molar refractivity (Wildman–Crippen MR) is 119 cm³/mol. The standard InChI is InChI=1S/C24H25FN6O2/c1-13-7-15(3-6-19(13)25)10-26-22(32)20-9-21(31-24(30-20)28-12-29-31)23(33)27-11-17-5-4-16-8-18(17)14(16)2/h3,6-7,9,12,16-18H,2,4-5,8,10-11H2,1H3,(H,26,32)(H,27,33)/t16-,17-,18+/m0/s1. The molecule has 2 heterocycles. The molecule has 2 N–H and O–H groups in total. The molecule has 0 saturated heterocycles. The van der Waals surface area contributed by atoms with Gasteiger partial charge in [-0.25, -0.2) is 9.37 Å². The maximum absolute atomic E-state index is 13.5. The lowest BCUT2D eigenvalue weighted by molar-refractivity contribution is 0.0895. The fraction of sp³-hybridized carbons (Fsp3) is 0.375. The van der Waals surface area contributed by atoms with Gasteiger partial charge in [0.2, 0.25) is 0 Å². The molecule has 9 heteroatoms. The molecule has 3 fully saturated rings. The largest absolute Gasteiger partial charge is 0.350 e. The van der Waals surface area contributed by atoms with Crippen molar-refractivity contribution in [3.05, 3.63) is 71.1 Å². The summed E-state index contributed by atoms with van der Waals surface area (Å²) in [6.07, 6.45) is 4.68. The lowest BCUT2D eigenvalue weighted by atomic mass is 9.57. The van der Waals surface area contributed by atoms with Crippen LogP contribution in [0.3, 0.4) is 0 Å². The number of carbonyl (C=O) groups excluding carboxylic acids is 2. The van der Waals surface area contributed by atoms with E-state index in [-0.39, 0.29) is 35.4 Å². The summed E-state index contributed by atoms with van der Waals surface area (Å²) in [5, 5.41) is 9.84. The molecule has 170 valence electrons. The molecular formula is C24H25FN6O2. The predicted octanol–water partition coefficient (Wildman–Crippen LogP) is 2.83. The van der Waals surface area contributed by atoms with E-state index in [2.05, 4.69) is 32.3 Å². The Morgan fingerprint density at radius 1 is 1.21 bits per heavy atom. The number of halogens is 1. The number of nitrogens with zero attached hydrogens (tertiary/aromatic N) is 4. The van der Waals surface area contributed by atoms with E-state index in [1.54, 1.807) is 19.1 Å². The molecule has 6 rings (SSSR count). The number of carbonyl (C=O) groups is 2. The van der Waals surface area contributed by atoms with Crippen LogP contribution >= 0.6 is 0 Å². The zero-order valence-electron chi connectivity index (χ0n) is 18.3. The van der Waals surface area contributed by atoms with E-state index in [1.165, 1.54) is 35.0 Å². The minimum Gasteiger partial charge on any atom is -0.350 e. The molecular weight excluding hydrogens is 423 g/mol. The van der Waals surface area contributed by atoms with Crippen molar-refractivity contribution in [2.75, 3.05) is 6.54 Å². The summed E-state index contributed by atoms with van der Waals surface area (Å²) in [6, 6.07) is 6.07. The van der Waals surface area contributed by atoms with E-state index < -0.39 is 5.91 Å². The van der Waals surface area contributed by atoms with Crippen LogP contribution in [-0.4, -0.2) is 37.9 Å². The summed E-state index contributed by atoms with van der Waals surface area (Å²) >= 11 is 0. The number of amides is 2. The first-order valence-corrected chi connectivity index (χ1v) is 11.1. The number of benzene rings is 1. The lowest BCUT2D eigenvalue weighted by Gasteiger charge is -2.49. The number of hydrogen-bond donors (Lipinski definition) is 2. The third-order valence-corrected chi connectivity index (χ3v) is 6.91. The number of rotatable bonds is 6. The third kappa shape index (κ3) is 3.99. The van der Waals surface area contributed by atoms with Gasteiger partial charge in [-0.2, -0.15) is 14.6 Å². The molecule has 0 unspecified atom stereocenters. The maximum Gasteiger partial charge on any atom is 0.270 e. The molecule has 1 aromatic carbocycles. The van der Waals surface area contributed by atoms with E-state index in [1.807, 2.05) is 0 Å². The van der Waals surface area contributed by atoms with Crippen LogP contribution < -0.4 is 10.6 Å². The highest BCUT2D eigenvalue weighted by Crippen LogP contribution is 2.52. The molecule has 3 aliphatic rings. The Kier molecular flexibility index (Phi) is 5.39. The number of hydrogen-bond acceptors (Lipinski definition) is 5. The fourth-order valence-corrected chi connectivity index (χ4v) is 4.91. The van der Waals surface area contributed by atoms with Crippen molar-refractivity contribution in [3.63, 3.8) is 0 Å². The SMILES string of the molecule is C=C1[C@H]2CC[C@@H](CNC(=O)c3cc(C(=O)NCc4ccc(F)c(C)c4)nc4ncnn34)[C@@H]1C2. The zero-order chi connectivity index (χ0) is 23.1. The molecule has 2 aromatic heterocycles. The second-order valence-corrected chi connectivity index (χ2v) is 8.93. The highest BCUT2D eigenvalue weighted by atomic mass is 19.1. The lowest BCUT2D eigenvalue weighted by Crippen LogP contribution is -2.44. The second kappa shape index (κ2) is 8.38. The molecule has 3 atom stereocenters. The topological polar surface area (TPSA) is 101 Å². The Morgan fingerprint density at radius 3 is 2.82 bits per heavy atom. The Morgan fingerprint density at radius 2 is 2.06 bits per heavy atom. The Bertz CT molecular complexity index is 1270. The van der Waals surface area contributed by atoms with Gasteiger partial charge in [0.25, 0.3) is 17.6 Å². The first kappa shape index (κ1) is 21.2. The smallest absolute Gasteiger partial charge is 0.270 e. The van der Waals surface area contributed by atoms with Crippen molar-refractivity contribution in [1.29, 1.82) is 0 Å². The second-order valence-electron chi connectivity index (χ2n) is 8.93. The van der Waals surface area contributed by atoms with E-state index in [4.69, 9.17) is 0 Å². The summed E-state index contributed by atoms with van der Waals surface area (Å²) in [4.78, 5) is 34.0. The quantitative estimate of drug-likeness (QED) is 0.565. The number of aromatic nitrogens is 4. The number of aryl methyl sites for hydroxylation is 1. The monoisotopic (exact) mass is 448 g/mol. The molecule has 2 bridgehead atoms. The summed E-state index contributed by atoms with van der Waals surface area (Å²) in [7, 11) is 0. The van der Waals surface area contributed by atoms with Crippen LogP contribution in [0.4, 0.5) is 4.39 Å². The van der Waals surface area contributed by atoms with Crippen LogP contribution in [0.15, 0.2) is 42.7 Å². The van der Waals surface area contributed by atoms with Gasteiger partial charge < -0.3 is 10.6 Å². The van der Waals surface area contributed by atoms with Gasteiger partial charge >= 0.3 is 0 Å². The summed E-state index contributed by atoms with van der Waals surface area (Å²) in [5.74, 6) is 0.624. The average Bonchev–Trinajstić information content (AvgIpc) is 3.30. The summed E-state index contributed by atoms with van der Waals surface area (Å²) < 4.78 is 14.8. The summed E-state index contributed by atoms with van der Waals surface area (Å²) in [6.45, 7) is 6.61. The van der Waals surface area contributed by atoms with Gasteiger partial charge in [0.1, 0.15) is 23.5 Å². The Hall–Kier alpha value is -3.62. The molecule has 3 aromatic rings. The molecule has 0 radical (unpaired) electrons. The Balaban J connectivity index is 1.30. The van der Waals surface area contributed by atoms with E-state index in [9.17, 15) is 14.0 Å². The molecule has 3 aliphatic carbocycles. The Labute approximate surface area is 190 Å². The molecule has 2 amide bonds. The number of fused-ring (bicyclic) bond motifs is 3. The first-order valence-electron chi connectivity index (χ1n) is 11.1. The van der Waals surface area contributed by atoms with Gasteiger partial charge in [0.05, 0.1) is 0 Å². The fourth-order valence-electron chi connectivity index (χ4n) is 4.91. The number of allylic oxidation sites excluding steroid dienone is 1.